The third kappa shape index (κ3) is 4.15. The van der Waals surface area contributed by atoms with Crippen LogP contribution in [0.2, 0.25) is 0 Å². The van der Waals surface area contributed by atoms with E-state index >= 15 is 0 Å². The normalized spacial score (nSPS) is 23.4. The van der Waals surface area contributed by atoms with E-state index in [1.807, 2.05) is 18.2 Å². The summed E-state index contributed by atoms with van der Waals surface area (Å²) in [6.07, 6.45) is -2.00. The van der Waals surface area contributed by atoms with Crippen molar-refractivity contribution in [3.05, 3.63) is 41.3 Å². The number of benzene rings is 1. The number of halogens is 3. The van der Waals surface area contributed by atoms with Crippen LogP contribution in [-0.4, -0.2) is 42.4 Å². The zero-order valence-electron chi connectivity index (χ0n) is 17.1. The molecular formula is C22H23F3N4OS. The van der Waals surface area contributed by atoms with Gasteiger partial charge in [-0.2, -0.15) is 23.1 Å². The quantitative estimate of drug-likeness (QED) is 0.576. The van der Waals surface area contributed by atoms with E-state index in [0.717, 1.165) is 49.4 Å². The molecule has 2 aromatic heterocycles. The lowest BCUT2D eigenvalue weighted by molar-refractivity contribution is -0.126. The Morgan fingerprint density at radius 3 is 2.71 bits per heavy atom. The minimum absolute atomic E-state index is 0.195. The van der Waals surface area contributed by atoms with Gasteiger partial charge in [-0.05, 0) is 42.9 Å². The number of methoxy groups -OCH3 is 1. The largest absolute Gasteiger partial charge is 0.467 e. The van der Waals surface area contributed by atoms with Crippen molar-refractivity contribution in [3.63, 3.8) is 0 Å². The van der Waals surface area contributed by atoms with Crippen LogP contribution in [0.5, 0.6) is 6.01 Å². The maximum Gasteiger partial charge on any atom is 0.393 e. The molecule has 1 spiro atoms. The lowest BCUT2D eigenvalue weighted by Crippen LogP contribution is -2.46. The number of hydrogen-bond donors (Lipinski definition) is 1. The molecule has 1 saturated carbocycles. The lowest BCUT2D eigenvalue weighted by Gasteiger charge is -2.46. The van der Waals surface area contributed by atoms with Crippen LogP contribution in [0.1, 0.15) is 24.1 Å². The molecule has 0 unspecified atom stereocenters. The van der Waals surface area contributed by atoms with E-state index in [2.05, 4.69) is 32.3 Å². The Morgan fingerprint density at radius 2 is 2.00 bits per heavy atom. The number of fused-ring (bicyclic) bond motifs is 1. The zero-order chi connectivity index (χ0) is 21.6. The number of alkyl halides is 3. The summed E-state index contributed by atoms with van der Waals surface area (Å²) in [5.41, 5.74) is 1.36. The fourth-order valence-corrected chi connectivity index (χ4v) is 5.91. The van der Waals surface area contributed by atoms with Gasteiger partial charge >= 0.3 is 12.2 Å². The summed E-state index contributed by atoms with van der Waals surface area (Å²) in [5, 5.41) is 4.27. The van der Waals surface area contributed by atoms with Crippen molar-refractivity contribution < 1.29 is 17.9 Å². The van der Waals surface area contributed by atoms with Crippen molar-refractivity contribution in [1.82, 2.24) is 9.97 Å². The number of thiophene rings is 1. The molecular weight excluding hydrogens is 425 g/mol. The van der Waals surface area contributed by atoms with Crippen molar-refractivity contribution in [1.29, 1.82) is 0 Å². The molecule has 3 aromatic rings. The van der Waals surface area contributed by atoms with Gasteiger partial charge in [0.1, 0.15) is 10.6 Å². The zero-order valence-corrected chi connectivity index (χ0v) is 17.9. The monoisotopic (exact) mass is 448 g/mol. The Labute approximate surface area is 182 Å². The van der Waals surface area contributed by atoms with Gasteiger partial charge in [0.2, 0.25) is 0 Å². The van der Waals surface area contributed by atoms with Gasteiger partial charge in [-0.15, -0.1) is 11.3 Å². The maximum atomic E-state index is 12.9. The van der Waals surface area contributed by atoms with E-state index in [-0.39, 0.29) is 16.3 Å². The SMILES string of the molecule is COc1nc(N2CCC3(CC(Nc4ccccc4)C3)C2)c2cc(CC(F)(F)F)sc2n1. The molecule has 5 rings (SSSR count). The highest BCUT2D eigenvalue weighted by Crippen LogP contribution is 2.50. The molecule has 0 atom stereocenters. The van der Waals surface area contributed by atoms with Crippen LogP contribution in [0.3, 0.4) is 0 Å². The molecule has 0 amide bonds. The fraction of sp³-hybridized carbons (Fsp3) is 0.455. The van der Waals surface area contributed by atoms with Crippen molar-refractivity contribution in [2.24, 2.45) is 5.41 Å². The Balaban J connectivity index is 1.34. The predicted octanol–water partition coefficient (Wildman–Crippen LogP) is 5.28. The van der Waals surface area contributed by atoms with Gasteiger partial charge in [0.05, 0.1) is 18.9 Å². The predicted molar refractivity (Wildman–Crippen MR) is 116 cm³/mol. The summed E-state index contributed by atoms with van der Waals surface area (Å²) < 4.78 is 43.9. The van der Waals surface area contributed by atoms with E-state index in [4.69, 9.17) is 4.74 Å². The van der Waals surface area contributed by atoms with Crippen molar-refractivity contribution in [2.45, 2.75) is 37.9 Å². The summed E-state index contributed by atoms with van der Waals surface area (Å²) in [5.74, 6) is 0.683. The van der Waals surface area contributed by atoms with E-state index in [1.54, 1.807) is 6.07 Å². The van der Waals surface area contributed by atoms with Gasteiger partial charge in [0.25, 0.3) is 0 Å². The smallest absolute Gasteiger partial charge is 0.393 e. The van der Waals surface area contributed by atoms with Crippen molar-refractivity contribution >= 4 is 33.1 Å². The summed E-state index contributed by atoms with van der Waals surface area (Å²) in [4.78, 5) is 11.8. The molecule has 3 heterocycles. The Bertz CT molecular complexity index is 1080. The number of aromatic nitrogens is 2. The number of para-hydroxylation sites is 1. The van der Waals surface area contributed by atoms with Gasteiger partial charge in [-0.1, -0.05) is 18.2 Å². The summed E-state index contributed by atoms with van der Waals surface area (Å²) in [6, 6.07) is 12.4. The second-order valence-electron chi connectivity index (χ2n) is 8.54. The average molecular weight is 449 g/mol. The Morgan fingerprint density at radius 1 is 1.23 bits per heavy atom. The highest BCUT2D eigenvalue weighted by Gasteiger charge is 2.49. The molecule has 1 N–H and O–H groups in total. The van der Waals surface area contributed by atoms with Crippen LogP contribution < -0.4 is 15.0 Å². The second-order valence-corrected chi connectivity index (χ2v) is 9.66. The number of ether oxygens (including phenoxy) is 1. The highest BCUT2D eigenvalue weighted by atomic mass is 32.1. The molecule has 9 heteroatoms. The Hall–Kier alpha value is -2.55. The van der Waals surface area contributed by atoms with Crippen molar-refractivity contribution in [3.8, 4) is 6.01 Å². The van der Waals surface area contributed by atoms with Crippen LogP contribution >= 0.6 is 11.3 Å². The molecule has 1 aliphatic carbocycles. The fourth-order valence-electron chi connectivity index (χ4n) is 4.86. The minimum Gasteiger partial charge on any atom is -0.467 e. The highest BCUT2D eigenvalue weighted by molar-refractivity contribution is 7.18. The van der Waals surface area contributed by atoms with Crippen molar-refractivity contribution in [2.75, 3.05) is 30.4 Å². The first kappa shape index (κ1) is 20.4. The van der Waals surface area contributed by atoms with Crippen LogP contribution in [0.4, 0.5) is 24.7 Å². The number of rotatable bonds is 5. The van der Waals surface area contributed by atoms with Gasteiger partial charge in [-0.3, -0.25) is 0 Å². The molecule has 2 aliphatic rings. The molecule has 5 nitrogen and oxygen atoms in total. The van der Waals surface area contributed by atoms with Crippen LogP contribution in [0.25, 0.3) is 10.2 Å². The molecule has 1 saturated heterocycles. The second kappa shape index (κ2) is 7.55. The van der Waals surface area contributed by atoms with Gasteiger partial charge in [-0.25, -0.2) is 0 Å². The van der Waals surface area contributed by atoms with E-state index in [9.17, 15) is 13.2 Å². The topological polar surface area (TPSA) is 50.3 Å². The number of nitrogens with zero attached hydrogens (tertiary/aromatic N) is 3. The van der Waals surface area contributed by atoms with E-state index in [1.165, 1.54) is 7.11 Å². The van der Waals surface area contributed by atoms with Crippen LogP contribution in [0, 0.1) is 5.41 Å². The average Bonchev–Trinajstić information content (AvgIpc) is 3.30. The van der Waals surface area contributed by atoms with Gasteiger partial charge < -0.3 is 15.0 Å². The molecule has 1 aliphatic heterocycles. The van der Waals surface area contributed by atoms with Gasteiger partial charge in [0.15, 0.2) is 0 Å². The third-order valence-electron chi connectivity index (χ3n) is 6.20. The van der Waals surface area contributed by atoms with E-state index < -0.39 is 12.6 Å². The van der Waals surface area contributed by atoms with Crippen LogP contribution in [0.15, 0.2) is 36.4 Å². The lowest BCUT2D eigenvalue weighted by atomic mass is 9.65. The summed E-state index contributed by atoms with van der Waals surface area (Å²) in [6.45, 7) is 1.68. The standard InChI is InChI=1S/C22H23F3N4OS/c1-30-20-27-18(17-9-16(12-22(23,24)25)31-19(17)28-20)29-8-7-21(13-29)10-15(11-21)26-14-5-3-2-4-6-14/h2-6,9,15,26H,7-8,10-13H2,1H3. The molecule has 164 valence electrons. The first-order chi connectivity index (χ1) is 14.8. The maximum absolute atomic E-state index is 12.9. The molecule has 0 radical (unpaired) electrons. The first-order valence-corrected chi connectivity index (χ1v) is 11.1. The minimum atomic E-state index is -4.25. The molecule has 1 aromatic carbocycles. The third-order valence-corrected chi connectivity index (χ3v) is 7.23. The van der Waals surface area contributed by atoms with Crippen LogP contribution in [-0.2, 0) is 6.42 Å². The summed E-state index contributed by atoms with van der Waals surface area (Å²) >= 11 is 1.06. The Kier molecular flexibility index (Phi) is 4.96. The number of anilines is 2. The molecule has 31 heavy (non-hydrogen) atoms. The number of hydrogen-bond acceptors (Lipinski definition) is 6. The summed E-state index contributed by atoms with van der Waals surface area (Å²) in [7, 11) is 1.48. The molecule has 0 bridgehead atoms. The molecule has 2 fully saturated rings. The first-order valence-electron chi connectivity index (χ1n) is 10.3. The number of nitrogens with one attached hydrogen (secondary N) is 1. The van der Waals surface area contributed by atoms with E-state index in [0.29, 0.717) is 22.1 Å². The van der Waals surface area contributed by atoms with Gasteiger partial charge in [0, 0.05) is 29.7 Å².